The fourth-order valence-corrected chi connectivity index (χ4v) is 12.6. The number of carbonyl (C=O) groups is 9. The summed E-state index contributed by atoms with van der Waals surface area (Å²) in [6, 6.07) is 21.3. The lowest BCUT2D eigenvalue weighted by atomic mass is 9.86. The number of hydrogen-bond acceptors (Lipinski definition) is 12. The van der Waals surface area contributed by atoms with E-state index in [1.807, 2.05) is 98.7 Å². The third-order valence-corrected chi connectivity index (χ3v) is 16.4. The van der Waals surface area contributed by atoms with Gasteiger partial charge in [0.05, 0.1) is 0 Å². The van der Waals surface area contributed by atoms with Crippen LogP contribution < -0.4 is 16.0 Å². The van der Waals surface area contributed by atoms with Crippen LogP contribution in [0.2, 0.25) is 15.1 Å². The molecule has 4 unspecified atom stereocenters. The molecule has 462 valence electrons. The standard InChI is InChI=1S/3C22H23ClN2O3.3CH4/c3*1-12-8-13(2)19(14(3)9-12)20-18(26)10-15(21(20)27)4-6-25-22(28)17-11-16(23)5-7-24-17;;;/h3*5,7-9,11,15,20H,4,6,10H2,1-3H3,(H,25,28);3*1H4/t2*15-,20?;;;;/m10..../s1. The molecule has 3 amide bonds. The second-order valence-electron chi connectivity index (χ2n) is 22.3. The van der Waals surface area contributed by atoms with Crippen LogP contribution in [0.5, 0.6) is 0 Å². The number of halogens is 3. The largest absolute Gasteiger partial charge is 0.351 e. The number of nitrogens with zero attached hydrogens (tertiary/aromatic N) is 3. The van der Waals surface area contributed by atoms with Gasteiger partial charge in [-0.1, -0.05) is 110 Å². The highest BCUT2D eigenvalue weighted by atomic mass is 35.5. The van der Waals surface area contributed by atoms with Crippen molar-refractivity contribution in [2.45, 2.75) is 141 Å². The van der Waals surface area contributed by atoms with E-state index in [0.717, 1.165) is 66.8 Å². The number of hydrogen-bond donors (Lipinski definition) is 3. The lowest BCUT2D eigenvalue weighted by molar-refractivity contribution is -0.126. The molecule has 3 N–H and O–H groups in total. The summed E-state index contributed by atoms with van der Waals surface area (Å²) in [4.78, 5) is 125. The van der Waals surface area contributed by atoms with Gasteiger partial charge in [-0.3, -0.25) is 58.1 Å². The van der Waals surface area contributed by atoms with E-state index in [9.17, 15) is 43.2 Å². The van der Waals surface area contributed by atoms with Gasteiger partial charge in [0.15, 0.2) is 17.3 Å². The van der Waals surface area contributed by atoms with E-state index >= 15 is 0 Å². The van der Waals surface area contributed by atoms with Gasteiger partial charge in [-0.25, -0.2) is 0 Å². The van der Waals surface area contributed by atoms with Gasteiger partial charge in [-0.05, 0) is 168 Å². The topological polar surface area (TPSA) is 228 Å². The highest BCUT2D eigenvalue weighted by molar-refractivity contribution is 6.31. The first-order valence-electron chi connectivity index (χ1n) is 27.9. The first-order chi connectivity index (χ1) is 39.8. The molecule has 18 heteroatoms. The van der Waals surface area contributed by atoms with E-state index in [1.54, 1.807) is 18.2 Å². The van der Waals surface area contributed by atoms with Crippen LogP contribution in [0.1, 0.15) is 177 Å². The van der Waals surface area contributed by atoms with Crippen molar-refractivity contribution in [2.24, 2.45) is 17.8 Å². The van der Waals surface area contributed by atoms with Gasteiger partial charge in [0.25, 0.3) is 17.7 Å². The first kappa shape index (κ1) is 71.9. The van der Waals surface area contributed by atoms with Crippen molar-refractivity contribution in [1.29, 1.82) is 0 Å². The van der Waals surface area contributed by atoms with Crippen molar-refractivity contribution in [3.8, 4) is 0 Å². The van der Waals surface area contributed by atoms with Crippen LogP contribution in [0.3, 0.4) is 0 Å². The molecule has 3 aliphatic rings. The second-order valence-corrected chi connectivity index (χ2v) is 23.6. The van der Waals surface area contributed by atoms with Gasteiger partial charge in [0.2, 0.25) is 0 Å². The number of aromatic nitrogens is 3. The Bertz CT molecular complexity index is 3160. The van der Waals surface area contributed by atoms with Gasteiger partial charge in [-0.15, -0.1) is 0 Å². The van der Waals surface area contributed by atoms with Crippen molar-refractivity contribution in [1.82, 2.24) is 30.9 Å². The number of amides is 3. The summed E-state index contributed by atoms with van der Waals surface area (Å²) in [7, 11) is 0. The molecule has 0 radical (unpaired) electrons. The minimum absolute atomic E-state index is 0. The zero-order chi connectivity index (χ0) is 61.3. The smallest absolute Gasteiger partial charge is 0.269 e. The summed E-state index contributed by atoms with van der Waals surface area (Å²) < 4.78 is 0. The fourth-order valence-electron chi connectivity index (χ4n) is 12.1. The molecule has 3 aromatic heterocycles. The number of benzene rings is 3. The fraction of sp³-hybridized carbons (Fsp3) is 0.391. The van der Waals surface area contributed by atoms with E-state index in [0.29, 0.717) is 54.0 Å². The third-order valence-electron chi connectivity index (χ3n) is 15.6. The van der Waals surface area contributed by atoms with Crippen LogP contribution in [0.25, 0.3) is 0 Å². The van der Waals surface area contributed by atoms with Crippen LogP contribution >= 0.6 is 34.8 Å². The van der Waals surface area contributed by atoms with Crippen LogP contribution in [0, 0.1) is 80.1 Å². The first-order valence-corrected chi connectivity index (χ1v) is 29.1. The third kappa shape index (κ3) is 17.8. The zero-order valence-corrected chi connectivity index (χ0v) is 50.9. The van der Waals surface area contributed by atoms with E-state index in [1.165, 1.54) is 36.8 Å². The molecule has 3 fully saturated rings. The van der Waals surface area contributed by atoms with Crippen LogP contribution in [-0.2, 0) is 28.8 Å². The number of aryl methyl sites for hydroxylation is 9. The van der Waals surface area contributed by atoms with Gasteiger partial charge in [0.1, 0.15) is 52.2 Å². The minimum atomic E-state index is -0.684. The molecule has 15 nitrogen and oxygen atoms in total. The van der Waals surface area contributed by atoms with E-state index in [4.69, 9.17) is 34.8 Å². The van der Waals surface area contributed by atoms with E-state index in [2.05, 4.69) is 30.9 Å². The maximum absolute atomic E-state index is 12.9. The van der Waals surface area contributed by atoms with Crippen molar-refractivity contribution in [2.75, 3.05) is 19.6 Å². The molecular weight excluding hydrogens is 1160 g/mol. The Hall–Kier alpha value is -7.59. The number of pyridine rings is 3. The molecule has 3 aromatic carbocycles. The molecule has 0 spiro atoms. The van der Waals surface area contributed by atoms with Crippen LogP contribution in [-0.4, -0.2) is 87.0 Å². The Morgan fingerprint density at radius 2 is 0.609 bits per heavy atom. The van der Waals surface area contributed by atoms with Gasteiger partial charge in [0, 0.05) is 90.3 Å². The zero-order valence-electron chi connectivity index (χ0n) is 48.6. The second kappa shape index (κ2) is 31.9. The van der Waals surface area contributed by atoms with Crippen molar-refractivity contribution >= 4 is 87.2 Å². The van der Waals surface area contributed by atoms with Gasteiger partial charge in [-0.2, -0.15) is 0 Å². The molecule has 3 heterocycles. The molecule has 6 atom stereocenters. The highest BCUT2D eigenvalue weighted by Gasteiger charge is 2.45. The number of nitrogens with one attached hydrogen (secondary N) is 3. The van der Waals surface area contributed by atoms with Crippen molar-refractivity contribution in [3.05, 3.63) is 190 Å². The number of carbonyl (C=O) groups excluding carboxylic acids is 9. The molecule has 3 saturated carbocycles. The molecule has 3 aliphatic carbocycles. The lowest BCUT2D eigenvalue weighted by Gasteiger charge is -2.16. The molecule has 0 saturated heterocycles. The quantitative estimate of drug-likeness (QED) is 0.0816. The Morgan fingerprint density at radius 1 is 0.391 bits per heavy atom. The molecule has 9 rings (SSSR count). The SMILES string of the molecule is C.C.C.Cc1cc(C)c(C2C(=O)CC(CCNC(=O)c3cc(Cl)ccn3)C2=O)c(C)c1.Cc1cc(C)c(C2C(=O)C[C@@H](CCNC(=O)c3cc(Cl)ccn3)C2=O)c(C)c1.Cc1cc(C)c(C2C(=O)C[C@H](CCNC(=O)c3cc(Cl)ccn3)C2=O)c(C)c1. The Balaban J connectivity index is 0.000000275. The predicted octanol–water partition coefficient (Wildman–Crippen LogP) is 13.1. The number of Topliss-reactive ketones (excluding diaryl/α,β-unsaturated/α-hetero) is 6. The average Bonchev–Trinajstić information content (AvgIpc) is 2.10. The summed E-state index contributed by atoms with van der Waals surface area (Å²) in [5.41, 5.74) is 12.4. The summed E-state index contributed by atoms with van der Waals surface area (Å²) in [5, 5.41) is 9.55. The molecule has 0 aliphatic heterocycles. The summed E-state index contributed by atoms with van der Waals surface area (Å²) in [6.07, 6.45) is 6.35. The lowest BCUT2D eigenvalue weighted by Crippen LogP contribution is -2.28. The molecular formula is C69H81Cl3N6O9. The molecule has 0 bridgehead atoms. The summed E-state index contributed by atoms with van der Waals surface area (Å²) >= 11 is 17.6. The molecule has 6 aromatic rings. The Kier molecular flexibility index (Phi) is 26.3. The highest BCUT2D eigenvalue weighted by Crippen LogP contribution is 2.40. The van der Waals surface area contributed by atoms with Gasteiger partial charge < -0.3 is 16.0 Å². The number of ketones is 6. The summed E-state index contributed by atoms with van der Waals surface area (Å²) in [6.45, 7) is 18.6. The minimum Gasteiger partial charge on any atom is -0.351 e. The van der Waals surface area contributed by atoms with Crippen molar-refractivity contribution in [3.63, 3.8) is 0 Å². The van der Waals surface area contributed by atoms with Crippen LogP contribution in [0.15, 0.2) is 91.4 Å². The molecule has 87 heavy (non-hydrogen) atoms. The Labute approximate surface area is 527 Å². The van der Waals surface area contributed by atoms with E-state index < -0.39 is 17.8 Å². The maximum atomic E-state index is 12.9. The maximum Gasteiger partial charge on any atom is 0.269 e. The predicted molar refractivity (Wildman–Crippen MR) is 343 cm³/mol. The van der Waals surface area contributed by atoms with E-state index in [-0.39, 0.29) is 129 Å². The Morgan fingerprint density at radius 3 is 0.816 bits per heavy atom. The normalized spacial score (nSPS) is 18.5. The van der Waals surface area contributed by atoms with Crippen molar-refractivity contribution < 1.29 is 43.2 Å². The number of rotatable bonds is 15. The van der Waals surface area contributed by atoms with Crippen LogP contribution in [0.4, 0.5) is 0 Å². The summed E-state index contributed by atoms with van der Waals surface area (Å²) in [5.74, 6) is -4.44. The monoisotopic (exact) mass is 1240 g/mol. The average molecular weight is 1240 g/mol. The van der Waals surface area contributed by atoms with Gasteiger partial charge >= 0.3 is 0 Å².